The normalized spacial score (nSPS) is 13.5. The highest BCUT2D eigenvalue weighted by atomic mass is 32.2. The predicted molar refractivity (Wildman–Crippen MR) is 74.3 cm³/mol. The number of hydrogen-bond acceptors (Lipinski definition) is 6. The van der Waals surface area contributed by atoms with Crippen molar-refractivity contribution in [3.63, 3.8) is 0 Å². The largest absolute Gasteiger partial charge is 0.464 e. The summed E-state index contributed by atoms with van der Waals surface area (Å²) in [4.78, 5) is 0.00544. The van der Waals surface area contributed by atoms with E-state index in [1.165, 1.54) is 7.11 Å². The summed E-state index contributed by atoms with van der Waals surface area (Å²) >= 11 is 0. The van der Waals surface area contributed by atoms with Crippen LogP contribution in [0.5, 0.6) is 0 Å². The molecule has 0 unspecified atom stereocenters. The fourth-order valence-corrected chi connectivity index (χ4v) is 3.19. The number of furan rings is 1. The average Bonchev–Trinajstić information content (AvgIpc) is 3.06. The highest BCUT2D eigenvalue weighted by molar-refractivity contribution is 7.89. The van der Waals surface area contributed by atoms with Gasteiger partial charge in [0.25, 0.3) is 0 Å². The molecule has 0 aliphatic rings. The van der Waals surface area contributed by atoms with E-state index >= 15 is 0 Å². The molecule has 0 aliphatic heterocycles. The first-order chi connectivity index (χ1) is 9.97. The lowest BCUT2D eigenvalue weighted by atomic mass is 10.2. The number of sulfonamides is 1. The lowest BCUT2D eigenvalue weighted by Gasteiger charge is -2.15. The van der Waals surface area contributed by atoms with Crippen molar-refractivity contribution in [2.75, 3.05) is 13.7 Å². The highest BCUT2D eigenvalue weighted by Crippen LogP contribution is 2.21. The Morgan fingerprint density at radius 2 is 2.19 bits per heavy atom. The van der Waals surface area contributed by atoms with Crippen LogP contribution in [-0.2, 0) is 21.2 Å². The van der Waals surface area contributed by atoms with E-state index in [4.69, 9.17) is 9.15 Å². The molecule has 21 heavy (non-hydrogen) atoms. The van der Waals surface area contributed by atoms with Crippen LogP contribution >= 0.6 is 0 Å². The summed E-state index contributed by atoms with van der Waals surface area (Å²) in [7, 11) is -2.27. The lowest BCUT2D eigenvalue weighted by molar-refractivity contribution is 0.166. The number of methoxy groups -OCH3 is 1. The first-order valence-corrected chi connectivity index (χ1v) is 7.97. The quantitative estimate of drug-likeness (QED) is 0.837. The Morgan fingerprint density at radius 1 is 1.43 bits per heavy atom. The van der Waals surface area contributed by atoms with Gasteiger partial charge in [0.05, 0.1) is 6.61 Å². The maximum absolute atomic E-state index is 12.3. The molecule has 2 aromatic rings. The van der Waals surface area contributed by atoms with Crippen molar-refractivity contribution in [1.29, 1.82) is 0 Å². The second kappa shape index (κ2) is 6.42. The van der Waals surface area contributed by atoms with Crippen LogP contribution < -0.4 is 4.72 Å². The van der Waals surface area contributed by atoms with Gasteiger partial charge in [-0.25, -0.2) is 8.42 Å². The molecule has 7 nitrogen and oxygen atoms in total. The van der Waals surface area contributed by atoms with Gasteiger partial charge >= 0.3 is 0 Å². The number of nitrogens with one attached hydrogen (secondary N) is 1. The van der Waals surface area contributed by atoms with Crippen LogP contribution in [0.25, 0.3) is 0 Å². The molecular weight excluding hydrogens is 296 g/mol. The Hall–Kier alpha value is -1.64. The second-order valence-electron chi connectivity index (χ2n) is 4.55. The number of aryl methyl sites for hydroxylation is 2. The zero-order chi connectivity index (χ0) is 15.5. The summed E-state index contributed by atoms with van der Waals surface area (Å²) in [6, 6.07) is 2.94. The molecule has 2 aromatic heterocycles. The zero-order valence-electron chi connectivity index (χ0n) is 12.1. The lowest BCUT2D eigenvalue weighted by Crippen LogP contribution is -2.31. The third-order valence-corrected chi connectivity index (χ3v) is 4.57. The number of ether oxygens (including phenoxy) is 1. The fraction of sp³-hybridized carbons (Fsp3) is 0.462. The first kappa shape index (κ1) is 15.7. The Morgan fingerprint density at radius 3 is 2.71 bits per heavy atom. The van der Waals surface area contributed by atoms with Crippen LogP contribution in [0.1, 0.15) is 30.2 Å². The van der Waals surface area contributed by atoms with Crippen molar-refractivity contribution in [3.05, 3.63) is 35.6 Å². The average molecular weight is 314 g/mol. The van der Waals surface area contributed by atoms with Crippen molar-refractivity contribution in [1.82, 2.24) is 9.88 Å². The summed E-state index contributed by atoms with van der Waals surface area (Å²) in [6.45, 7) is 3.67. The second-order valence-corrected chi connectivity index (χ2v) is 6.23. The molecule has 0 spiro atoms. The molecule has 0 radical (unpaired) electrons. The van der Waals surface area contributed by atoms with E-state index in [9.17, 15) is 8.42 Å². The van der Waals surface area contributed by atoms with Crippen molar-refractivity contribution in [2.45, 2.75) is 31.2 Å². The van der Waals surface area contributed by atoms with Gasteiger partial charge in [0.15, 0.2) is 0 Å². The van der Waals surface area contributed by atoms with Crippen LogP contribution in [0.4, 0.5) is 0 Å². The van der Waals surface area contributed by atoms with Crippen LogP contribution in [0.3, 0.4) is 0 Å². The molecule has 1 N–H and O–H groups in total. The third kappa shape index (κ3) is 3.52. The smallest absolute Gasteiger partial charge is 0.246 e. The fourth-order valence-electron chi connectivity index (χ4n) is 1.90. The van der Waals surface area contributed by atoms with Gasteiger partial charge < -0.3 is 13.7 Å². The minimum Gasteiger partial charge on any atom is -0.464 e. The van der Waals surface area contributed by atoms with Crippen molar-refractivity contribution in [2.24, 2.45) is 0 Å². The molecule has 0 amide bonds. The van der Waals surface area contributed by atoms with Gasteiger partial charge in [-0.2, -0.15) is 4.72 Å². The molecule has 116 valence electrons. The maximum Gasteiger partial charge on any atom is 0.246 e. The molecule has 2 rings (SSSR count). The van der Waals surface area contributed by atoms with Gasteiger partial charge in [0, 0.05) is 13.5 Å². The minimum atomic E-state index is -3.76. The van der Waals surface area contributed by atoms with Crippen molar-refractivity contribution in [3.8, 4) is 0 Å². The Kier molecular flexibility index (Phi) is 4.81. The van der Waals surface area contributed by atoms with Crippen LogP contribution in [-0.4, -0.2) is 27.3 Å². The Balaban J connectivity index is 2.26. The zero-order valence-corrected chi connectivity index (χ0v) is 12.9. The summed E-state index contributed by atoms with van der Waals surface area (Å²) in [5.41, 5.74) is 0.298. The molecule has 1 atom stereocenters. The van der Waals surface area contributed by atoms with Gasteiger partial charge in [-0.1, -0.05) is 12.1 Å². The molecule has 0 aromatic carbocycles. The van der Waals surface area contributed by atoms with E-state index in [1.807, 2.05) is 13.0 Å². The molecule has 0 fully saturated rings. The summed E-state index contributed by atoms with van der Waals surface area (Å²) in [6.07, 6.45) is 1.83. The van der Waals surface area contributed by atoms with Crippen molar-refractivity contribution < 1.29 is 22.1 Å². The number of hydrogen-bond donors (Lipinski definition) is 1. The minimum absolute atomic E-state index is 0.00544. The molecule has 2 heterocycles. The van der Waals surface area contributed by atoms with Gasteiger partial charge in [-0.15, -0.1) is 0 Å². The molecule has 0 saturated carbocycles. The van der Waals surface area contributed by atoms with Crippen molar-refractivity contribution >= 4 is 10.0 Å². The number of rotatable bonds is 7. The summed E-state index contributed by atoms with van der Waals surface area (Å²) in [5.74, 6) is 1.29. The molecule has 0 saturated heterocycles. The molecule has 0 bridgehead atoms. The Bertz CT molecular complexity index is 689. The van der Waals surface area contributed by atoms with Gasteiger partial charge in [0.1, 0.15) is 34.4 Å². The number of aromatic nitrogens is 1. The third-order valence-electron chi connectivity index (χ3n) is 3.00. The monoisotopic (exact) mass is 314 g/mol. The van der Waals surface area contributed by atoms with Gasteiger partial charge in [0.2, 0.25) is 10.0 Å². The standard InChI is InChI=1S/C13H18N2O5S/c1-4-10-5-6-12(20-10)11(7-18-3)15-21(16,17)13-8-19-14-9(13)2/h5-6,8,11,15H,4,7H2,1-3H3/t11-/m1/s1. The van der Waals surface area contributed by atoms with Crippen LogP contribution in [0, 0.1) is 6.92 Å². The Labute approximate surface area is 123 Å². The maximum atomic E-state index is 12.3. The van der Waals surface area contributed by atoms with E-state index in [2.05, 4.69) is 14.4 Å². The van der Waals surface area contributed by atoms with Gasteiger partial charge in [-0.05, 0) is 19.1 Å². The van der Waals surface area contributed by atoms with E-state index in [0.29, 0.717) is 11.5 Å². The van der Waals surface area contributed by atoms with Crippen LogP contribution in [0.15, 0.2) is 32.2 Å². The van der Waals surface area contributed by atoms with Crippen LogP contribution in [0.2, 0.25) is 0 Å². The van der Waals surface area contributed by atoms with E-state index in [-0.39, 0.29) is 11.5 Å². The first-order valence-electron chi connectivity index (χ1n) is 6.48. The molecule has 8 heteroatoms. The molecular formula is C13H18N2O5S. The van der Waals surface area contributed by atoms with E-state index in [1.54, 1.807) is 13.0 Å². The van der Waals surface area contributed by atoms with E-state index < -0.39 is 16.1 Å². The topological polar surface area (TPSA) is 94.6 Å². The highest BCUT2D eigenvalue weighted by Gasteiger charge is 2.26. The predicted octanol–water partition coefficient (Wildman–Crippen LogP) is 1.80. The SMILES string of the molecule is CCc1ccc([C@@H](COC)NS(=O)(=O)c2conc2C)o1. The number of nitrogens with zero attached hydrogens (tertiary/aromatic N) is 1. The summed E-state index contributed by atoms with van der Waals surface area (Å²) < 4.78 is 42.6. The molecule has 0 aliphatic carbocycles. The van der Waals surface area contributed by atoms with Gasteiger partial charge in [-0.3, -0.25) is 0 Å². The van der Waals surface area contributed by atoms with E-state index in [0.717, 1.165) is 18.4 Å². The summed E-state index contributed by atoms with van der Waals surface area (Å²) in [5, 5.41) is 3.58.